The zero-order chi connectivity index (χ0) is 17.8. The number of hydrogen-bond donors (Lipinski definition) is 4. The van der Waals surface area contributed by atoms with Crippen molar-refractivity contribution in [2.75, 3.05) is 13.2 Å². The summed E-state index contributed by atoms with van der Waals surface area (Å²) >= 11 is 0. The van der Waals surface area contributed by atoms with E-state index < -0.39 is 37.3 Å². The van der Waals surface area contributed by atoms with E-state index in [4.69, 9.17) is 14.6 Å². The van der Waals surface area contributed by atoms with Crippen molar-refractivity contribution in [3.63, 3.8) is 0 Å². The Morgan fingerprint density at radius 3 is 1.83 bits per heavy atom. The Kier molecular flexibility index (Phi) is 11.8. The Labute approximate surface area is 145 Å². The summed E-state index contributed by atoms with van der Waals surface area (Å²) in [6.07, 6.45) is 6.37. The van der Waals surface area contributed by atoms with Crippen LogP contribution in [0.4, 0.5) is 0 Å². The third kappa shape index (κ3) is 7.76. The van der Waals surface area contributed by atoms with Gasteiger partial charge in [0.2, 0.25) is 0 Å². The van der Waals surface area contributed by atoms with Crippen molar-refractivity contribution in [1.82, 2.24) is 0 Å². The number of aliphatic hydroxyl groups is 4. The molecule has 1 rings (SSSR count). The first-order valence-electron chi connectivity index (χ1n) is 9.54. The van der Waals surface area contributed by atoms with E-state index in [1.807, 2.05) is 0 Å². The van der Waals surface area contributed by atoms with Gasteiger partial charge in [-0.2, -0.15) is 0 Å². The van der Waals surface area contributed by atoms with Crippen LogP contribution >= 0.6 is 0 Å². The molecular weight excluding hydrogens is 312 g/mol. The first-order valence-corrected chi connectivity index (χ1v) is 9.54. The topological polar surface area (TPSA) is 99.4 Å². The fourth-order valence-electron chi connectivity index (χ4n) is 2.99. The van der Waals surface area contributed by atoms with E-state index in [1.54, 1.807) is 0 Å². The van der Waals surface area contributed by atoms with Gasteiger partial charge in [0, 0.05) is 6.61 Å². The van der Waals surface area contributed by atoms with Crippen LogP contribution in [0.25, 0.3) is 0 Å². The van der Waals surface area contributed by atoms with E-state index in [-0.39, 0.29) is 0 Å². The number of rotatable bonds is 13. The maximum absolute atomic E-state index is 9.84. The van der Waals surface area contributed by atoms with Gasteiger partial charge in [0.25, 0.3) is 0 Å². The first kappa shape index (κ1) is 21.8. The Bertz CT molecular complexity index is 299. The second kappa shape index (κ2) is 13.0. The normalized spacial score (nSPS) is 30.6. The van der Waals surface area contributed by atoms with Gasteiger partial charge in [0.1, 0.15) is 24.4 Å². The molecule has 6 heteroatoms. The van der Waals surface area contributed by atoms with Crippen LogP contribution in [0.2, 0.25) is 0 Å². The van der Waals surface area contributed by atoms with Crippen LogP contribution < -0.4 is 0 Å². The fraction of sp³-hybridized carbons (Fsp3) is 1.00. The molecule has 1 heterocycles. The van der Waals surface area contributed by atoms with Crippen molar-refractivity contribution >= 4 is 0 Å². The van der Waals surface area contributed by atoms with Gasteiger partial charge in [0.05, 0.1) is 6.61 Å². The van der Waals surface area contributed by atoms with E-state index in [9.17, 15) is 15.3 Å². The lowest BCUT2D eigenvalue weighted by Gasteiger charge is -2.39. The maximum Gasteiger partial charge on any atom is 0.186 e. The summed E-state index contributed by atoms with van der Waals surface area (Å²) in [5.74, 6) is 0. The number of aliphatic hydroxyl groups excluding tert-OH is 4. The highest BCUT2D eigenvalue weighted by atomic mass is 16.7. The lowest BCUT2D eigenvalue weighted by molar-refractivity contribution is -0.301. The lowest BCUT2D eigenvalue weighted by atomic mass is 9.99. The van der Waals surface area contributed by atoms with Crippen LogP contribution in [-0.4, -0.2) is 64.3 Å². The van der Waals surface area contributed by atoms with Gasteiger partial charge < -0.3 is 29.9 Å². The number of ether oxygens (including phenoxy) is 2. The molecule has 5 atom stereocenters. The molecule has 1 aliphatic heterocycles. The van der Waals surface area contributed by atoms with Crippen molar-refractivity contribution in [2.45, 2.75) is 102 Å². The Morgan fingerprint density at radius 1 is 0.750 bits per heavy atom. The molecule has 4 N–H and O–H groups in total. The quantitative estimate of drug-likeness (QED) is 0.378. The molecule has 0 saturated carbocycles. The average Bonchev–Trinajstić information content (AvgIpc) is 2.59. The molecule has 0 radical (unpaired) electrons. The third-order valence-electron chi connectivity index (χ3n) is 4.63. The van der Waals surface area contributed by atoms with Crippen molar-refractivity contribution in [3.8, 4) is 0 Å². The highest BCUT2D eigenvalue weighted by molar-refractivity contribution is 4.88. The molecular formula is C18H36O6. The zero-order valence-corrected chi connectivity index (χ0v) is 15.0. The van der Waals surface area contributed by atoms with Gasteiger partial charge in [-0.3, -0.25) is 0 Å². The van der Waals surface area contributed by atoms with Crippen LogP contribution in [0.3, 0.4) is 0 Å². The van der Waals surface area contributed by atoms with Crippen molar-refractivity contribution in [3.05, 3.63) is 0 Å². The molecule has 6 nitrogen and oxygen atoms in total. The monoisotopic (exact) mass is 348 g/mol. The molecule has 0 unspecified atom stereocenters. The molecule has 0 aliphatic carbocycles. The minimum Gasteiger partial charge on any atom is -0.394 e. The number of unbranched alkanes of at least 4 members (excludes halogenated alkanes) is 9. The molecule has 1 aliphatic rings. The van der Waals surface area contributed by atoms with E-state index >= 15 is 0 Å². The third-order valence-corrected chi connectivity index (χ3v) is 4.63. The van der Waals surface area contributed by atoms with Crippen molar-refractivity contribution < 1.29 is 29.9 Å². The van der Waals surface area contributed by atoms with Gasteiger partial charge in [-0.05, 0) is 6.42 Å². The fourth-order valence-corrected chi connectivity index (χ4v) is 2.99. The largest absolute Gasteiger partial charge is 0.394 e. The SMILES string of the molecule is CCCCCCCCCCCCO[C@@H]1O[C@H](CO)[C@@H](O)[C@H](O)[C@@H]1O. The molecule has 0 aromatic carbocycles. The summed E-state index contributed by atoms with van der Waals surface area (Å²) in [6, 6.07) is 0. The van der Waals surface area contributed by atoms with Crippen LogP contribution in [0, 0.1) is 0 Å². The highest BCUT2D eigenvalue weighted by Crippen LogP contribution is 2.22. The second-order valence-corrected chi connectivity index (χ2v) is 6.75. The van der Waals surface area contributed by atoms with Gasteiger partial charge >= 0.3 is 0 Å². The van der Waals surface area contributed by atoms with E-state index in [0.29, 0.717) is 6.61 Å². The molecule has 0 aromatic rings. The van der Waals surface area contributed by atoms with E-state index in [0.717, 1.165) is 12.8 Å². The number of hydrogen-bond acceptors (Lipinski definition) is 6. The van der Waals surface area contributed by atoms with Gasteiger partial charge in [-0.1, -0.05) is 64.7 Å². The minimum absolute atomic E-state index is 0.428. The Hall–Kier alpha value is -0.240. The molecule has 1 fully saturated rings. The van der Waals surface area contributed by atoms with Crippen LogP contribution in [0.1, 0.15) is 71.1 Å². The second-order valence-electron chi connectivity index (χ2n) is 6.75. The molecule has 24 heavy (non-hydrogen) atoms. The minimum atomic E-state index is -1.37. The standard InChI is InChI=1S/C18H36O6/c1-2-3-4-5-6-7-8-9-10-11-12-23-18-17(22)16(21)15(20)14(13-19)24-18/h14-22H,2-13H2,1H3/t14-,15-,16+,17+,18-/m1/s1. The Balaban J connectivity index is 2.02. The summed E-state index contributed by atoms with van der Waals surface area (Å²) in [7, 11) is 0. The summed E-state index contributed by atoms with van der Waals surface area (Å²) in [4.78, 5) is 0. The molecule has 0 spiro atoms. The van der Waals surface area contributed by atoms with Crippen molar-refractivity contribution in [1.29, 1.82) is 0 Å². The molecule has 0 aromatic heterocycles. The molecule has 144 valence electrons. The van der Waals surface area contributed by atoms with Gasteiger partial charge in [-0.15, -0.1) is 0 Å². The highest BCUT2D eigenvalue weighted by Gasteiger charge is 2.43. The predicted molar refractivity (Wildman–Crippen MR) is 91.6 cm³/mol. The van der Waals surface area contributed by atoms with Crippen molar-refractivity contribution in [2.24, 2.45) is 0 Å². The molecule has 1 saturated heterocycles. The summed E-state index contributed by atoms with van der Waals surface area (Å²) < 4.78 is 10.8. The first-order chi connectivity index (χ1) is 11.6. The Morgan fingerprint density at radius 2 is 1.29 bits per heavy atom. The van der Waals surface area contributed by atoms with Gasteiger partial charge in [-0.25, -0.2) is 0 Å². The molecule has 0 bridgehead atoms. The maximum atomic E-state index is 9.84. The predicted octanol–water partition coefficient (Wildman–Crippen LogP) is 1.72. The van der Waals surface area contributed by atoms with Crippen LogP contribution in [-0.2, 0) is 9.47 Å². The van der Waals surface area contributed by atoms with Gasteiger partial charge in [0.15, 0.2) is 6.29 Å². The summed E-state index contributed by atoms with van der Waals surface area (Å²) in [5.41, 5.74) is 0. The van der Waals surface area contributed by atoms with Crippen LogP contribution in [0.15, 0.2) is 0 Å². The smallest absolute Gasteiger partial charge is 0.186 e. The zero-order valence-electron chi connectivity index (χ0n) is 15.0. The van der Waals surface area contributed by atoms with E-state index in [1.165, 1.54) is 51.4 Å². The van der Waals surface area contributed by atoms with E-state index in [2.05, 4.69) is 6.92 Å². The molecule has 0 amide bonds. The summed E-state index contributed by atoms with van der Waals surface area (Å²) in [5, 5.41) is 38.3. The average molecular weight is 348 g/mol. The summed E-state index contributed by atoms with van der Waals surface area (Å²) in [6.45, 7) is 2.23. The van der Waals surface area contributed by atoms with Crippen LogP contribution in [0.5, 0.6) is 0 Å². The lowest BCUT2D eigenvalue weighted by Crippen LogP contribution is -2.59.